The van der Waals surface area contributed by atoms with Crippen LogP contribution in [0.3, 0.4) is 0 Å². The van der Waals surface area contributed by atoms with E-state index in [-0.39, 0.29) is 17.5 Å². The number of ketones is 1. The van der Waals surface area contributed by atoms with Gasteiger partial charge in [-0.05, 0) is 61.4 Å². The molecule has 1 unspecified atom stereocenters. The number of carbonyl (C=O) groups is 2. The van der Waals surface area contributed by atoms with E-state index < -0.39 is 5.97 Å². The van der Waals surface area contributed by atoms with E-state index in [4.69, 9.17) is 4.74 Å². The van der Waals surface area contributed by atoms with Gasteiger partial charge in [-0.15, -0.1) is 0 Å². The molecule has 2 rings (SSSR count). The van der Waals surface area contributed by atoms with Gasteiger partial charge in [0.15, 0.2) is 5.78 Å². The molecule has 0 radical (unpaired) electrons. The summed E-state index contributed by atoms with van der Waals surface area (Å²) in [7, 11) is 0. The maximum Gasteiger partial charge on any atom is 0.384 e. The number of rotatable bonds is 5. The monoisotopic (exact) mass is 328 g/mol. The fraction of sp³-hybridized carbons (Fsp3) is 0.400. The van der Waals surface area contributed by atoms with Crippen LogP contribution in [0.4, 0.5) is 4.39 Å². The van der Waals surface area contributed by atoms with Gasteiger partial charge in [-0.3, -0.25) is 4.79 Å². The van der Waals surface area contributed by atoms with E-state index in [0.29, 0.717) is 19.4 Å². The number of carbonyl (C=O) groups excluding carboxylic acids is 2. The zero-order valence-electron chi connectivity index (χ0n) is 13.8. The number of unbranched alkanes of at least 4 members (excludes halogenated alkanes) is 1. The molecular formula is C20H21FO3. The minimum Gasteiger partial charge on any atom is -0.456 e. The standard InChI is InChI=1S/C20H21FO3/c1-2-24-20(23)7-5-3-4-6-15-10-13-18(22)14-19(15)16-8-11-17(21)12-9-16/h8-9,11-12,14-15H,2-4,6,10,13H2,1H3. The molecule has 1 atom stereocenters. The maximum absolute atomic E-state index is 13.1. The summed E-state index contributed by atoms with van der Waals surface area (Å²) in [4.78, 5) is 22.9. The highest BCUT2D eigenvalue weighted by Gasteiger charge is 2.22. The van der Waals surface area contributed by atoms with E-state index in [1.54, 1.807) is 25.1 Å². The van der Waals surface area contributed by atoms with E-state index in [2.05, 4.69) is 11.8 Å². The van der Waals surface area contributed by atoms with Crippen LogP contribution in [0.25, 0.3) is 5.57 Å². The summed E-state index contributed by atoms with van der Waals surface area (Å²) in [5, 5.41) is 0. The van der Waals surface area contributed by atoms with Crippen LogP contribution in [0.2, 0.25) is 0 Å². The van der Waals surface area contributed by atoms with Crippen molar-refractivity contribution in [1.82, 2.24) is 0 Å². The molecule has 1 aliphatic rings. The summed E-state index contributed by atoms with van der Waals surface area (Å²) < 4.78 is 17.8. The molecule has 0 aromatic heterocycles. The lowest BCUT2D eigenvalue weighted by atomic mass is 9.80. The molecule has 1 aromatic rings. The Labute approximate surface area is 141 Å². The van der Waals surface area contributed by atoms with E-state index in [1.807, 2.05) is 0 Å². The average molecular weight is 328 g/mol. The predicted octanol–water partition coefficient (Wildman–Crippen LogP) is 3.93. The second kappa shape index (κ2) is 9.02. The molecule has 0 bridgehead atoms. The Kier molecular flexibility index (Phi) is 6.74. The lowest BCUT2D eigenvalue weighted by molar-refractivity contribution is -0.136. The fourth-order valence-electron chi connectivity index (χ4n) is 2.84. The van der Waals surface area contributed by atoms with Gasteiger partial charge in [-0.2, -0.15) is 0 Å². The van der Waals surface area contributed by atoms with Crippen LogP contribution in [0.15, 0.2) is 30.3 Å². The summed E-state index contributed by atoms with van der Waals surface area (Å²) in [6, 6.07) is 6.26. The Balaban J connectivity index is 1.95. The van der Waals surface area contributed by atoms with Crippen molar-refractivity contribution in [1.29, 1.82) is 0 Å². The second-order valence-electron chi connectivity index (χ2n) is 5.72. The van der Waals surface area contributed by atoms with Crippen molar-refractivity contribution < 1.29 is 18.7 Å². The number of hydrogen-bond donors (Lipinski definition) is 0. The van der Waals surface area contributed by atoms with Crippen LogP contribution >= 0.6 is 0 Å². The van der Waals surface area contributed by atoms with E-state index >= 15 is 0 Å². The molecule has 0 heterocycles. The van der Waals surface area contributed by atoms with Crippen molar-refractivity contribution >= 4 is 17.3 Å². The number of esters is 1. The number of hydrogen-bond acceptors (Lipinski definition) is 3. The van der Waals surface area contributed by atoms with Gasteiger partial charge in [0, 0.05) is 18.8 Å². The number of halogens is 1. The zero-order chi connectivity index (χ0) is 17.4. The number of allylic oxidation sites excluding steroid dienone is 2. The topological polar surface area (TPSA) is 43.4 Å². The largest absolute Gasteiger partial charge is 0.456 e. The molecule has 0 saturated carbocycles. The third-order valence-corrected chi connectivity index (χ3v) is 3.99. The normalized spacial score (nSPS) is 16.8. The van der Waals surface area contributed by atoms with E-state index in [9.17, 15) is 14.0 Å². The molecule has 24 heavy (non-hydrogen) atoms. The van der Waals surface area contributed by atoms with Crippen molar-refractivity contribution in [3.8, 4) is 11.8 Å². The van der Waals surface area contributed by atoms with Crippen LogP contribution in [0.5, 0.6) is 0 Å². The SMILES string of the molecule is CCOC(=O)C#CCCCC1CCC(=O)C=C1c1ccc(F)cc1. The Morgan fingerprint density at radius 3 is 2.79 bits per heavy atom. The Morgan fingerprint density at radius 1 is 1.33 bits per heavy atom. The lowest BCUT2D eigenvalue weighted by Crippen LogP contribution is -2.13. The Bertz CT molecular complexity index is 677. The van der Waals surface area contributed by atoms with Crippen molar-refractivity contribution in [2.45, 2.75) is 39.0 Å². The van der Waals surface area contributed by atoms with Gasteiger partial charge >= 0.3 is 5.97 Å². The molecule has 1 aliphatic carbocycles. The van der Waals surface area contributed by atoms with Crippen LogP contribution in [0.1, 0.15) is 44.6 Å². The fourth-order valence-corrected chi connectivity index (χ4v) is 2.84. The van der Waals surface area contributed by atoms with Gasteiger partial charge < -0.3 is 4.74 Å². The molecule has 0 N–H and O–H groups in total. The minimum absolute atomic E-state index is 0.118. The van der Waals surface area contributed by atoms with Gasteiger partial charge in [0.2, 0.25) is 0 Å². The third-order valence-electron chi connectivity index (χ3n) is 3.99. The molecule has 0 fully saturated rings. The van der Waals surface area contributed by atoms with Crippen LogP contribution in [-0.2, 0) is 14.3 Å². The third kappa shape index (κ3) is 5.34. The van der Waals surface area contributed by atoms with Crippen molar-refractivity contribution in [2.75, 3.05) is 6.61 Å². The minimum atomic E-state index is -0.493. The first-order valence-electron chi connectivity index (χ1n) is 8.26. The predicted molar refractivity (Wildman–Crippen MR) is 90.4 cm³/mol. The first kappa shape index (κ1) is 17.9. The number of ether oxygens (including phenoxy) is 1. The smallest absolute Gasteiger partial charge is 0.384 e. The highest BCUT2D eigenvalue weighted by molar-refractivity contribution is 5.98. The summed E-state index contributed by atoms with van der Waals surface area (Å²) in [6.45, 7) is 2.07. The summed E-state index contributed by atoms with van der Waals surface area (Å²) in [5.41, 5.74) is 1.87. The molecule has 4 heteroatoms. The molecule has 3 nitrogen and oxygen atoms in total. The summed E-state index contributed by atoms with van der Waals surface area (Å²) in [6.07, 6.45) is 5.36. The molecule has 126 valence electrons. The molecule has 0 aliphatic heterocycles. The maximum atomic E-state index is 13.1. The molecular weight excluding hydrogens is 307 g/mol. The van der Waals surface area contributed by atoms with Crippen molar-refractivity contribution in [2.24, 2.45) is 5.92 Å². The molecule has 0 spiro atoms. The van der Waals surface area contributed by atoms with Gasteiger partial charge in [0.05, 0.1) is 6.61 Å². The van der Waals surface area contributed by atoms with Crippen molar-refractivity contribution in [3.63, 3.8) is 0 Å². The number of benzene rings is 1. The summed E-state index contributed by atoms with van der Waals surface area (Å²) >= 11 is 0. The van der Waals surface area contributed by atoms with E-state index in [1.165, 1.54) is 12.1 Å². The highest BCUT2D eigenvalue weighted by Crippen LogP contribution is 2.34. The zero-order valence-corrected chi connectivity index (χ0v) is 13.8. The van der Waals surface area contributed by atoms with Crippen LogP contribution in [-0.4, -0.2) is 18.4 Å². The van der Waals surface area contributed by atoms with Crippen LogP contribution < -0.4 is 0 Å². The molecule has 0 saturated heterocycles. The van der Waals surface area contributed by atoms with Crippen molar-refractivity contribution in [3.05, 3.63) is 41.7 Å². The first-order valence-corrected chi connectivity index (χ1v) is 8.26. The van der Waals surface area contributed by atoms with Gasteiger partial charge in [-0.25, -0.2) is 9.18 Å². The molecule has 1 aromatic carbocycles. The quantitative estimate of drug-likeness (QED) is 0.356. The average Bonchev–Trinajstić information content (AvgIpc) is 2.56. The van der Waals surface area contributed by atoms with Gasteiger partial charge in [-0.1, -0.05) is 18.1 Å². The first-order chi connectivity index (χ1) is 11.6. The molecule has 0 amide bonds. The summed E-state index contributed by atoms with van der Waals surface area (Å²) in [5.74, 6) is 4.88. The highest BCUT2D eigenvalue weighted by atomic mass is 19.1. The second-order valence-corrected chi connectivity index (χ2v) is 5.72. The van der Waals surface area contributed by atoms with Crippen LogP contribution in [0, 0.1) is 23.6 Å². The Hall–Kier alpha value is -2.41. The Morgan fingerprint density at radius 2 is 2.08 bits per heavy atom. The van der Waals surface area contributed by atoms with Gasteiger partial charge in [0.1, 0.15) is 5.82 Å². The lowest BCUT2D eigenvalue weighted by Gasteiger charge is -2.24. The van der Waals surface area contributed by atoms with Gasteiger partial charge in [0.25, 0.3) is 0 Å². The van der Waals surface area contributed by atoms with E-state index in [0.717, 1.165) is 30.4 Å².